The lowest BCUT2D eigenvalue weighted by atomic mass is 10.0. The minimum Gasteiger partial charge on any atom is -0.342 e. The van der Waals surface area contributed by atoms with E-state index in [2.05, 4.69) is 31.4 Å². The first-order valence-corrected chi connectivity index (χ1v) is 13.0. The Balaban J connectivity index is 1.51. The van der Waals surface area contributed by atoms with Crippen molar-refractivity contribution in [3.63, 3.8) is 0 Å². The Morgan fingerprint density at radius 3 is 2.47 bits per heavy atom. The van der Waals surface area contributed by atoms with Crippen LogP contribution in [0.1, 0.15) is 12.8 Å². The normalized spacial score (nSPS) is 15.6. The van der Waals surface area contributed by atoms with Crippen molar-refractivity contribution < 1.29 is 26.9 Å². The second-order valence-corrected chi connectivity index (χ2v) is 11.0. The van der Waals surface area contributed by atoms with Gasteiger partial charge in [-0.2, -0.15) is 4.98 Å². The lowest BCUT2D eigenvalue weighted by molar-refractivity contribution is -0.124. The maximum atomic E-state index is 13.8. The van der Waals surface area contributed by atoms with Crippen molar-refractivity contribution in [2.24, 2.45) is 5.92 Å². The number of rotatable bonds is 6. The third-order valence-corrected chi connectivity index (χ3v) is 7.80. The molecule has 1 saturated heterocycles. The van der Waals surface area contributed by atoms with Crippen LogP contribution in [0.3, 0.4) is 0 Å². The van der Waals surface area contributed by atoms with Gasteiger partial charge in [0.2, 0.25) is 24.0 Å². The average molecular weight is 551 g/mol. The number of aromatic nitrogens is 2. The maximum Gasteiger partial charge on any atom is 0.244 e. The first kappa shape index (κ1) is 24.0. The van der Waals surface area contributed by atoms with Crippen molar-refractivity contribution >= 4 is 49.0 Å². The zero-order chi connectivity index (χ0) is 24.3. The van der Waals surface area contributed by atoms with E-state index in [0.29, 0.717) is 22.8 Å². The SMILES string of the molecule is O=C(CN(C(=O)C1CCS(=O)(=O)CC1)c1ccc(F)c(Br)c1)Nc1ccc(-c2ncon2)cc1. The van der Waals surface area contributed by atoms with Crippen molar-refractivity contribution in [2.75, 3.05) is 28.3 Å². The summed E-state index contributed by atoms with van der Waals surface area (Å²) in [6, 6.07) is 10.8. The largest absolute Gasteiger partial charge is 0.342 e. The number of nitrogens with zero attached hydrogens (tertiary/aromatic N) is 3. The molecule has 0 radical (unpaired) electrons. The van der Waals surface area contributed by atoms with Crippen LogP contribution in [0.25, 0.3) is 11.4 Å². The molecule has 0 atom stereocenters. The number of amides is 2. The summed E-state index contributed by atoms with van der Waals surface area (Å²) in [5.74, 6) is -1.65. The number of hydrogen-bond acceptors (Lipinski definition) is 7. The van der Waals surface area contributed by atoms with Gasteiger partial charge in [-0.3, -0.25) is 9.59 Å². The molecule has 0 spiro atoms. The Hall–Kier alpha value is -3.12. The predicted molar refractivity (Wildman–Crippen MR) is 126 cm³/mol. The molecule has 2 heterocycles. The summed E-state index contributed by atoms with van der Waals surface area (Å²) in [7, 11) is -3.16. The highest BCUT2D eigenvalue weighted by Gasteiger charge is 2.33. The van der Waals surface area contributed by atoms with Crippen molar-refractivity contribution in [2.45, 2.75) is 12.8 Å². The zero-order valence-corrected chi connectivity index (χ0v) is 20.2. The molecule has 2 aromatic carbocycles. The monoisotopic (exact) mass is 550 g/mol. The Labute approximate surface area is 203 Å². The number of hydrogen-bond donors (Lipinski definition) is 1. The molecule has 1 aliphatic rings. The van der Waals surface area contributed by atoms with Gasteiger partial charge in [0.05, 0.1) is 16.0 Å². The van der Waals surface area contributed by atoms with E-state index in [4.69, 9.17) is 4.52 Å². The van der Waals surface area contributed by atoms with Crippen LogP contribution in [0.5, 0.6) is 0 Å². The molecule has 0 saturated carbocycles. The molecule has 1 N–H and O–H groups in total. The molecule has 1 aromatic heterocycles. The topological polar surface area (TPSA) is 122 Å². The molecule has 178 valence electrons. The molecule has 0 unspecified atom stereocenters. The summed E-state index contributed by atoms with van der Waals surface area (Å²) < 4.78 is 42.2. The van der Waals surface area contributed by atoms with Crippen LogP contribution in [-0.4, -0.2) is 48.4 Å². The molecule has 9 nitrogen and oxygen atoms in total. The number of carbonyl (C=O) groups excluding carboxylic acids is 2. The average Bonchev–Trinajstić information content (AvgIpc) is 3.34. The van der Waals surface area contributed by atoms with Gasteiger partial charge in [0.25, 0.3) is 0 Å². The second kappa shape index (κ2) is 10.0. The summed E-state index contributed by atoms with van der Waals surface area (Å²) in [6.07, 6.45) is 1.57. The summed E-state index contributed by atoms with van der Waals surface area (Å²) in [5.41, 5.74) is 1.52. The van der Waals surface area contributed by atoms with Crippen LogP contribution in [0.2, 0.25) is 0 Å². The van der Waals surface area contributed by atoms with Crippen LogP contribution in [0.15, 0.2) is 57.9 Å². The van der Waals surface area contributed by atoms with Crippen LogP contribution in [-0.2, 0) is 19.4 Å². The third-order valence-electron chi connectivity index (χ3n) is 5.47. The van der Waals surface area contributed by atoms with E-state index in [0.717, 1.165) is 0 Å². The zero-order valence-electron chi connectivity index (χ0n) is 17.8. The van der Waals surface area contributed by atoms with Gasteiger partial charge < -0.3 is 14.7 Å². The van der Waals surface area contributed by atoms with Crippen molar-refractivity contribution in [3.05, 3.63) is 59.1 Å². The Morgan fingerprint density at radius 2 is 1.85 bits per heavy atom. The number of nitrogens with one attached hydrogen (secondary N) is 1. The Morgan fingerprint density at radius 1 is 1.15 bits per heavy atom. The lowest BCUT2D eigenvalue weighted by Gasteiger charge is -2.29. The van der Waals surface area contributed by atoms with E-state index in [-0.39, 0.29) is 41.3 Å². The number of sulfone groups is 1. The summed E-state index contributed by atoms with van der Waals surface area (Å²) in [6.45, 7) is -0.327. The van der Waals surface area contributed by atoms with Gasteiger partial charge >= 0.3 is 0 Å². The second-order valence-electron chi connectivity index (χ2n) is 7.83. The molecule has 1 fully saturated rings. The van der Waals surface area contributed by atoms with Crippen molar-refractivity contribution in [3.8, 4) is 11.4 Å². The molecule has 34 heavy (non-hydrogen) atoms. The summed E-state index contributed by atoms with van der Waals surface area (Å²) >= 11 is 3.11. The van der Waals surface area contributed by atoms with Gasteiger partial charge in [-0.05, 0) is 71.2 Å². The molecule has 0 bridgehead atoms. The third kappa shape index (κ3) is 5.68. The van der Waals surface area contributed by atoms with Crippen LogP contribution in [0.4, 0.5) is 15.8 Å². The maximum absolute atomic E-state index is 13.8. The smallest absolute Gasteiger partial charge is 0.244 e. The molecule has 3 aromatic rings. The first-order valence-electron chi connectivity index (χ1n) is 10.4. The number of anilines is 2. The van der Waals surface area contributed by atoms with E-state index >= 15 is 0 Å². The van der Waals surface area contributed by atoms with Gasteiger partial charge in [-0.25, -0.2) is 12.8 Å². The van der Waals surface area contributed by atoms with Crippen molar-refractivity contribution in [1.82, 2.24) is 10.1 Å². The van der Waals surface area contributed by atoms with E-state index in [1.807, 2.05) is 0 Å². The molecule has 2 amide bonds. The highest BCUT2D eigenvalue weighted by Crippen LogP contribution is 2.28. The first-order chi connectivity index (χ1) is 16.2. The van der Waals surface area contributed by atoms with Gasteiger partial charge in [0, 0.05) is 22.9 Å². The minimum atomic E-state index is -3.16. The quantitative estimate of drug-likeness (QED) is 0.498. The van der Waals surface area contributed by atoms with E-state index < -0.39 is 27.5 Å². The van der Waals surface area contributed by atoms with Gasteiger partial charge in [-0.1, -0.05) is 5.16 Å². The highest BCUT2D eigenvalue weighted by atomic mass is 79.9. The fourth-order valence-corrected chi connectivity index (χ4v) is 5.51. The van der Waals surface area contributed by atoms with Crippen molar-refractivity contribution in [1.29, 1.82) is 0 Å². The standard InChI is InChI=1S/C22H20BrFN4O5S/c23-18-11-17(5-6-19(18)24)28(22(30)15-7-9-34(31,32)10-8-15)12-20(29)26-16-3-1-14(2-4-16)21-25-13-33-27-21/h1-6,11,13,15H,7-10,12H2,(H,26,29). The van der Waals surface area contributed by atoms with Gasteiger partial charge in [0.15, 0.2) is 0 Å². The molecule has 0 aliphatic carbocycles. The van der Waals surface area contributed by atoms with Gasteiger partial charge in [-0.15, -0.1) is 0 Å². The molecular weight excluding hydrogens is 531 g/mol. The van der Waals surface area contributed by atoms with Crippen LogP contribution >= 0.6 is 15.9 Å². The number of benzene rings is 2. The summed E-state index contributed by atoms with van der Waals surface area (Å²) in [4.78, 5) is 31.3. The highest BCUT2D eigenvalue weighted by molar-refractivity contribution is 9.10. The minimum absolute atomic E-state index is 0.0801. The Kier molecular flexibility index (Phi) is 7.08. The van der Waals surface area contributed by atoms with Crippen LogP contribution < -0.4 is 10.2 Å². The number of carbonyl (C=O) groups is 2. The summed E-state index contributed by atoms with van der Waals surface area (Å²) in [5, 5.41) is 6.48. The Bertz CT molecular complexity index is 1290. The van der Waals surface area contributed by atoms with E-state index in [9.17, 15) is 22.4 Å². The predicted octanol–water partition coefficient (Wildman–Crippen LogP) is 3.43. The molecule has 4 rings (SSSR count). The van der Waals surface area contributed by atoms with Gasteiger partial charge in [0.1, 0.15) is 22.2 Å². The fourth-order valence-electron chi connectivity index (χ4n) is 3.65. The fraction of sp³-hybridized carbons (Fsp3) is 0.273. The molecular formula is C22H20BrFN4O5S. The molecule has 12 heteroatoms. The molecule has 1 aliphatic heterocycles. The van der Waals surface area contributed by atoms with E-state index in [1.165, 1.54) is 29.5 Å². The van der Waals surface area contributed by atoms with E-state index in [1.54, 1.807) is 24.3 Å². The number of halogens is 2. The lowest BCUT2D eigenvalue weighted by Crippen LogP contribution is -2.43. The van der Waals surface area contributed by atoms with Crippen LogP contribution in [0, 0.1) is 11.7 Å².